The number of benzene rings is 1. The van der Waals surface area contributed by atoms with Gasteiger partial charge in [-0.2, -0.15) is 13.2 Å². The maximum Gasteiger partial charge on any atom is 0.417 e. The summed E-state index contributed by atoms with van der Waals surface area (Å²) in [5.74, 6) is -0.580. The molecule has 0 aliphatic heterocycles. The van der Waals surface area contributed by atoms with Gasteiger partial charge in [0.2, 0.25) is 0 Å². The van der Waals surface area contributed by atoms with Crippen LogP contribution in [0.15, 0.2) is 18.2 Å². The van der Waals surface area contributed by atoms with Crippen molar-refractivity contribution in [1.82, 2.24) is 0 Å². The quantitative estimate of drug-likeness (QED) is 0.660. The molecule has 3 nitrogen and oxygen atoms in total. The lowest BCUT2D eigenvalue weighted by atomic mass is 9.95. The van der Waals surface area contributed by atoms with Crippen molar-refractivity contribution in [2.24, 2.45) is 11.1 Å². The molecule has 0 spiro atoms. The Balaban J connectivity index is 3.21. The summed E-state index contributed by atoms with van der Waals surface area (Å²) in [6.45, 7) is 6.80. The standard InChI is InChI=1S/C14H20F3N3/c1-13(2,3)8-20(4)9-5-6-11(14(15,16)17)10(7-9)12(18)19/h5-7H,8H2,1-4H3,(H3,18,19). The molecule has 0 amide bonds. The Morgan fingerprint density at radius 3 is 2.20 bits per heavy atom. The van der Waals surface area contributed by atoms with Gasteiger partial charge in [0.25, 0.3) is 0 Å². The number of anilines is 1. The molecule has 20 heavy (non-hydrogen) atoms. The van der Waals surface area contributed by atoms with E-state index in [2.05, 4.69) is 0 Å². The first kappa shape index (κ1) is 16.3. The fourth-order valence-electron chi connectivity index (χ4n) is 2.04. The third kappa shape index (κ3) is 4.15. The zero-order chi connectivity index (χ0) is 15.7. The summed E-state index contributed by atoms with van der Waals surface area (Å²) >= 11 is 0. The molecule has 0 bridgehead atoms. The second-order valence-corrected chi connectivity index (χ2v) is 6.06. The van der Waals surface area contributed by atoms with Crippen molar-refractivity contribution in [1.29, 1.82) is 5.41 Å². The number of nitrogens with one attached hydrogen (secondary N) is 1. The normalized spacial score (nSPS) is 12.3. The third-order valence-electron chi connectivity index (χ3n) is 2.75. The van der Waals surface area contributed by atoms with Crippen LogP contribution >= 0.6 is 0 Å². The number of nitrogen functional groups attached to an aromatic ring is 1. The van der Waals surface area contributed by atoms with E-state index in [1.165, 1.54) is 12.1 Å². The van der Waals surface area contributed by atoms with Gasteiger partial charge >= 0.3 is 6.18 Å². The molecule has 0 aliphatic rings. The van der Waals surface area contributed by atoms with Gasteiger partial charge in [-0.1, -0.05) is 20.8 Å². The van der Waals surface area contributed by atoms with Crippen molar-refractivity contribution < 1.29 is 13.2 Å². The summed E-state index contributed by atoms with van der Waals surface area (Å²) < 4.78 is 38.5. The zero-order valence-corrected chi connectivity index (χ0v) is 12.1. The van der Waals surface area contributed by atoms with E-state index < -0.39 is 17.6 Å². The average Bonchev–Trinajstić information content (AvgIpc) is 2.24. The molecular formula is C14H20F3N3. The molecule has 6 heteroatoms. The predicted molar refractivity (Wildman–Crippen MR) is 75.2 cm³/mol. The van der Waals surface area contributed by atoms with Gasteiger partial charge in [0.15, 0.2) is 0 Å². The lowest BCUT2D eigenvalue weighted by Crippen LogP contribution is -2.29. The number of amidine groups is 1. The van der Waals surface area contributed by atoms with Crippen molar-refractivity contribution in [3.05, 3.63) is 29.3 Å². The van der Waals surface area contributed by atoms with Crippen LogP contribution in [0.25, 0.3) is 0 Å². The number of halogens is 3. The van der Waals surface area contributed by atoms with Crippen LogP contribution in [-0.2, 0) is 6.18 Å². The molecule has 1 aromatic carbocycles. The molecule has 1 rings (SSSR count). The Morgan fingerprint density at radius 2 is 1.80 bits per heavy atom. The highest BCUT2D eigenvalue weighted by atomic mass is 19.4. The number of hydrogen-bond acceptors (Lipinski definition) is 2. The number of nitrogens with two attached hydrogens (primary N) is 1. The summed E-state index contributed by atoms with van der Waals surface area (Å²) in [5.41, 5.74) is 4.73. The summed E-state index contributed by atoms with van der Waals surface area (Å²) in [6.07, 6.45) is -4.51. The highest BCUT2D eigenvalue weighted by molar-refractivity contribution is 5.97. The van der Waals surface area contributed by atoms with E-state index in [-0.39, 0.29) is 11.0 Å². The summed E-state index contributed by atoms with van der Waals surface area (Å²) in [5, 5.41) is 7.33. The minimum atomic E-state index is -4.51. The van der Waals surface area contributed by atoms with Crippen molar-refractivity contribution in [2.45, 2.75) is 26.9 Å². The molecule has 0 heterocycles. The van der Waals surface area contributed by atoms with Gasteiger partial charge in [0, 0.05) is 24.8 Å². The largest absolute Gasteiger partial charge is 0.417 e. The Morgan fingerprint density at radius 1 is 1.25 bits per heavy atom. The number of alkyl halides is 3. The molecule has 3 N–H and O–H groups in total. The molecule has 0 aliphatic carbocycles. The van der Waals surface area contributed by atoms with E-state index in [9.17, 15) is 13.2 Å². The van der Waals surface area contributed by atoms with Crippen LogP contribution in [0.1, 0.15) is 31.9 Å². The Hall–Kier alpha value is -1.72. The molecule has 0 aromatic heterocycles. The maximum absolute atomic E-state index is 12.8. The minimum absolute atomic E-state index is 0.00777. The van der Waals surface area contributed by atoms with Crippen LogP contribution in [0.5, 0.6) is 0 Å². The van der Waals surface area contributed by atoms with Gasteiger partial charge in [-0.25, -0.2) is 0 Å². The van der Waals surface area contributed by atoms with Gasteiger partial charge < -0.3 is 10.6 Å². The van der Waals surface area contributed by atoms with E-state index in [1.54, 1.807) is 7.05 Å². The Bertz CT molecular complexity index is 501. The molecule has 112 valence electrons. The molecule has 0 saturated heterocycles. The first-order valence-corrected chi connectivity index (χ1v) is 6.18. The van der Waals surface area contributed by atoms with E-state index in [4.69, 9.17) is 11.1 Å². The molecular weight excluding hydrogens is 267 g/mol. The van der Waals surface area contributed by atoms with Crippen molar-refractivity contribution >= 4 is 11.5 Å². The summed E-state index contributed by atoms with van der Waals surface area (Å²) in [4.78, 5) is 1.85. The van der Waals surface area contributed by atoms with E-state index in [0.717, 1.165) is 6.07 Å². The Labute approximate surface area is 117 Å². The lowest BCUT2D eigenvalue weighted by Gasteiger charge is -2.29. The van der Waals surface area contributed by atoms with Crippen molar-refractivity contribution in [3.8, 4) is 0 Å². The molecule has 1 aromatic rings. The molecule has 0 unspecified atom stereocenters. The highest BCUT2D eigenvalue weighted by Crippen LogP contribution is 2.34. The molecule has 0 saturated carbocycles. The van der Waals surface area contributed by atoms with Gasteiger partial charge in [-0.3, -0.25) is 5.41 Å². The number of nitrogens with zero attached hydrogens (tertiary/aromatic N) is 1. The van der Waals surface area contributed by atoms with Gasteiger partial charge in [-0.15, -0.1) is 0 Å². The SMILES string of the molecule is CN(CC(C)(C)C)c1ccc(C(F)(F)F)c(C(=N)N)c1. The first-order chi connectivity index (χ1) is 8.92. The van der Waals surface area contributed by atoms with Crippen LogP contribution in [0.4, 0.5) is 18.9 Å². The second-order valence-electron chi connectivity index (χ2n) is 6.06. The lowest BCUT2D eigenvalue weighted by molar-refractivity contribution is -0.137. The average molecular weight is 287 g/mol. The zero-order valence-electron chi connectivity index (χ0n) is 12.1. The van der Waals surface area contributed by atoms with Crippen LogP contribution < -0.4 is 10.6 Å². The smallest absolute Gasteiger partial charge is 0.384 e. The monoisotopic (exact) mass is 287 g/mol. The van der Waals surface area contributed by atoms with Crippen LogP contribution in [0.2, 0.25) is 0 Å². The van der Waals surface area contributed by atoms with Crippen LogP contribution in [-0.4, -0.2) is 19.4 Å². The molecule has 0 atom stereocenters. The van der Waals surface area contributed by atoms with E-state index in [0.29, 0.717) is 12.2 Å². The predicted octanol–water partition coefficient (Wildman–Crippen LogP) is 3.47. The van der Waals surface area contributed by atoms with Crippen molar-refractivity contribution in [3.63, 3.8) is 0 Å². The van der Waals surface area contributed by atoms with Gasteiger partial charge in [0.05, 0.1) is 5.56 Å². The first-order valence-electron chi connectivity index (χ1n) is 6.18. The molecule has 0 radical (unpaired) electrons. The summed E-state index contributed by atoms with van der Waals surface area (Å²) in [7, 11) is 1.80. The second kappa shape index (κ2) is 5.34. The van der Waals surface area contributed by atoms with E-state index in [1.807, 2.05) is 25.7 Å². The minimum Gasteiger partial charge on any atom is -0.384 e. The Kier molecular flexibility index (Phi) is 4.36. The topological polar surface area (TPSA) is 53.1 Å². The van der Waals surface area contributed by atoms with E-state index >= 15 is 0 Å². The van der Waals surface area contributed by atoms with Crippen molar-refractivity contribution in [2.75, 3.05) is 18.5 Å². The van der Waals surface area contributed by atoms with Gasteiger partial charge in [-0.05, 0) is 23.6 Å². The van der Waals surface area contributed by atoms with Gasteiger partial charge in [0.1, 0.15) is 5.84 Å². The molecule has 0 fully saturated rings. The van der Waals surface area contributed by atoms with Crippen LogP contribution in [0, 0.1) is 10.8 Å². The fraction of sp³-hybridized carbons (Fsp3) is 0.500. The third-order valence-corrected chi connectivity index (χ3v) is 2.75. The maximum atomic E-state index is 12.8. The fourth-order valence-corrected chi connectivity index (χ4v) is 2.04. The number of rotatable bonds is 3. The summed E-state index contributed by atoms with van der Waals surface area (Å²) in [6, 6.07) is 3.70. The highest BCUT2D eigenvalue weighted by Gasteiger charge is 2.34. The number of hydrogen-bond donors (Lipinski definition) is 2. The van der Waals surface area contributed by atoms with Crippen LogP contribution in [0.3, 0.4) is 0 Å².